The average molecular weight is 543 g/mol. The molecule has 0 bridgehead atoms. The molecule has 0 unspecified atom stereocenters. The monoisotopic (exact) mass is 542 g/mol. The van der Waals surface area contributed by atoms with Crippen molar-refractivity contribution in [2.75, 3.05) is 39.9 Å². The highest BCUT2D eigenvalue weighted by Crippen LogP contribution is 2.31. The first-order valence-electron chi connectivity index (χ1n) is 14.4. The molecule has 6 heteroatoms. The van der Waals surface area contributed by atoms with Crippen molar-refractivity contribution in [1.82, 2.24) is 10.2 Å². The van der Waals surface area contributed by atoms with Gasteiger partial charge in [0.2, 0.25) is 0 Å². The van der Waals surface area contributed by atoms with Gasteiger partial charge >= 0.3 is 6.09 Å². The Balaban J connectivity index is 1.52. The maximum Gasteiger partial charge on any atom is 0.412 e. The molecule has 0 saturated carbocycles. The topological polar surface area (TPSA) is 60.0 Å². The summed E-state index contributed by atoms with van der Waals surface area (Å²) >= 11 is 0. The number of hydrogen-bond acceptors (Lipinski definition) is 5. The molecular weight excluding hydrogens is 500 g/mol. The van der Waals surface area contributed by atoms with E-state index in [2.05, 4.69) is 60.5 Å². The Morgan fingerprint density at radius 1 is 0.850 bits per heavy atom. The normalized spacial score (nSPS) is 14.0. The van der Waals surface area contributed by atoms with Crippen LogP contribution in [0.1, 0.15) is 56.2 Å². The zero-order valence-corrected chi connectivity index (χ0v) is 24.1. The van der Waals surface area contributed by atoms with Crippen molar-refractivity contribution in [3.05, 3.63) is 95.1 Å². The smallest absolute Gasteiger partial charge is 0.412 e. The Hall–Kier alpha value is -3.77. The van der Waals surface area contributed by atoms with Crippen LogP contribution in [0.15, 0.2) is 78.4 Å². The zero-order valence-electron chi connectivity index (χ0n) is 24.1. The van der Waals surface area contributed by atoms with Crippen LogP contribution in [-0.4, -0.2) is 50.9 Å². The van der Waals surface area contributed by atoms with Gasteiger partial charge in [-0.2, -0.15) is 0 Å². The lowest BCUT2D eigenvalue weighted by molar-refractivity contribution is 0.200. The fourth-order valence-electron chi connectivity index (χ4n) is 5.01. The van der Waals surface area contributed by atoms with Crippen LogP contribution >= 0.6 is 0 Å². The first-order chi connectivity index (χ1) is 19.6. The number of ether oxygens (including phenoxy) is 3. The van der Waals surface area contributed by atoms with Gasteiger partial charge in [-0.3, -0.25) is 4.90 Å². The number of allylic oxidation sites excluding steroid dienone is 1. The summed E-state index contributed by atoms with van der Waals surface area (Å²) in [5.74, 6) is 2.25. The number of nitrogens with zero attached hydrogens (tertiary/aromatic N) is 1. The molecule has 4 rings (SSSR count). The number of hydrogen-bond donors (Lipinski definition) is 1. The van der Waals surface area contributed by atoms with Gasteiger partial charge < -0.3 is 19.5 Å². The summed E-state index contributed by atoms with van der Waals surface area (Å²) in [6, 6.07) is 24.3. The molecule has 1 fully saturated rings. The quantitative estimate of drug-likeness (QED) is 0.233. The Morgan fingerprint density at radius 2 is 1.45 bits per heavy atom. The highest BCUT2D eigenvalue weighted by molar-refractivity contribution is 5.82. The van der Waals surface area contributed by atoms with Crippen LogP contribution in [0.3, 0.4) is 0 Å². The molecule has 0 aromatic heterocycles. The van der Waals surface area contributed by atoms with E-state index in [4.69, 9.17) is 14.2 Å². The van der Waals surface area contributed by atoms with Gasteiger partial charge in [0.1, 0.15) is 23.9 Å². The van der Waals surface area contributed by atoms with Gasteiger partial charge in [0.05, 0.1) is 7.11 Å². The van der Waals surface area contributed by atoms with Crippen molar-refractivity contribution in [3.63, 3.8) is 0 Å². The van der Waals surface area contributed by atoms with E-state index in [-0.39, 0.29) is 0 Å². The predicted molar refractivity (Wildman–Crippen MR) is 161 cm³/mol. The molecule has 1 aliphatic heterocycles. The van der Waals surface area contributed by atoms with E-state index < -0.39 is 6.09 Å². The number of nitrogens with one attached hydrogen (secondary N) is 1. The third-order valence-electron chi connectivity index (χ3n) is 7.23. The standard InChI is InChI=1S/C34H42N2O4/c1-4-5-20-35-34(37)40-32-18-12-29(13-19-32)33(26(2)25-27-8-14-30(38-3)15-9-27)28-10-16-31(17-11-28)39-24-23-36-21-6-7-22-36/h8-19H,4-7,20-25H2,1-3H3,(H,35,37)/b33-26-. The molecule has 212 valence electrons. The predicted octanol–water partition coefficient (Wildman–Crippen LogP) is 7.12. The number of carbonyl (C=O) groups excluding carboxylic acids is 1. The van der Waals surface area contributed by atoms with Crippen LogP contribution in [0.25, 0.3) is 5.57 Å². The molecule has 0 radical (unpaired) electrons. The Bertz CT molecular complexity index is 1230. The summed E-state index contributed by atoms with van der Waals surface area (Å²) in [4.78, 5) is 14.6. The molecule has 1 N–H and O–H groups in total. The van der Waals surface area contributed by atoms with E-state index in [9.17, 15) is 4.79 Å². The summed E-state index contributed by atoms with van der Waals surface area (Å²) in [6.45, 7) is 8.90. The first-order valence-corrected chi connectivity index (χ1v) is 14.4. The fourth-order valence-corrected chi connectivity index (χ4v) is 5.01. The van der Waals surface area contributed by atoms with Crippen molar-refractivity contribution >= 4 is 11.7 Å². The van der Waals surface area contributed by atoms with Crippen molar-refractivity contribution in [2.24, 2.45) is 0 Å². The van der Waals surface area contributed by atoms with Crippen LogP contribution in [0.2, 0.25) is 0 Å². The largest absolute Gasteiger partial charge is 0.497 e. The number of likely N-dealkylation sites (tertiary alicyclic amines) is 1. The van der Waals surface area contributed by atoms with Gasteiger partial charge in [0.25, 0.3) is 0 Å². The van der Waals surface area contributed by atoms with Crippen LogP contribution in [0, 0.1) is 0 Å². The average Bonchev–Trinajstić information content (AvgIpc) is 3.49. The van der Waals surface area contributed by atoms with Crippen LogP contribution in [0.5, 0.6) is 17.2 Å². The Morgan fingerprint density at radius 3 is 2.05 bits per heavy atom. The number of carbonyl (C=O) groups is 1. The van der Waals surface area contributed by atoms with Gasteiger partial charge in [0, 0.05) is 13.1 Å². The van der Waals surface area contributed by atoms with E-state index in [1.54, 1.807) is 7.11 Å². The minimum absolute atomic E-state index is 0.423. The summed E-state index contributed by atoms with van der Waals surface area (Å²) in [6.07, 6.45) is 4.90. The van der Waals surface area contributed by atoms with E-state index in [1.807, 2.05) is 36.4 Å². The Kier molecular flexibility index (Phi) is 11.1. The van der Waals surface area contributed by atoms with Gasteiger partial charge in [-0.25, -0.2) is 4.79 Å². The number of methoxy groups -OCH3 is 1. The van der Waals surface area contributed by atoms with Crippen molar-refractivity contribution in [1.29, 1.82) is 0 Å². The summed E-state index contributed by atoms with van der Waals surface area (Å²) in [5.41, 5.74) is 5.77. The second kappa shape index (κ2) is 15.1. The SMILES string of the molecule is CCCCNC(=O)Oc1ccc(/C(=C(/C)Cc2ccc(OC)cc2)c2ccc(OCCN3CCCC3)cc2)cc1. The van der Waals surface area contributed by atoms with Gasteiger partial charge in [-0.15, -0.1) is 0 Å². The van der Waals surface area contributed by atoms with Gasteiger partial charge in [-0.1, -0.05) is 55.3 Å². The van der Waals surface area contributed by atoms with Crippen LogP contribution < -0.4 is 19.5 Å². The van der Waals surface area contributed by atoms with Crippen LogP contribution in [-0.2, 0) is 6.42 Å². The minimum Gasteiger partial charge on any atom is -0.497 e. The second-order valence-electron chi connectivity index (χ2n) is 10.3. The highest BCUT2D eigenvalue weighted by Gasteiger charge is 2.13. The maximum atomic E-state index is 12.1. The number of rotatable bonds is 13. The molecule has 0 aliphatic carbocycles. The molecular formula is C34H42N2O4. The molecule has 0 spiro atoms. The second-order valence-corrected chi connectivity index (χ2v) is 10.3. The van der Waals surface area contributed by atoms with Gasteiger partial charge in [0.15, 0.2) is 0 Å². The van der Waals surface area contributed by atoms with Crippen molar-refractivity contribution in [2.45, 2.75) is 46.0 Å². The molecule has 1 aliphatic rings. The third-order valence-corrected chi connectivity index (χ3v) is 7.23. The molecule has 40 heavy (non-hydrogen) atoms. The first kappa shape index (κ1) is 29.2. The molecule has 3 aromatic carbocycles. The van der Waals surface area contributed by atoms with E-state index in [0.717, 1.165) is 54.0 Å². The van der Waals surface area contributed by atoms with Gasteiger partial charge in [-0.05, 0) is 104 Å². The molecule has 6 nitrogen and oxygen atoms in total. The zero-order chi connectivity index (χ0) is 28.2. The number of amides is 1. The summed E-state index contributed by atoms with van der Waals surface area (Å²) in [5, 5.41) is 2.79. The molecule has 1 heterocycles. The number of benzene rings is 3. The molecule has 1 amide bonds. The maximum absolute atomic E-state index is 12.1. The fraction of sp³-hybridized carbons (Fsp3) is 0.382. The number of unbranched alkanes of at least 4 members (excludes halogenated alkanes) is 1. The van der Waals surface area contributed by atoms with Crippen molar-refractivity contribution in [3.8, 4) is 17.2 Å². The highest BCUT2D eigenvalue weighted by atomic mass is 16.6. The lowest BCUT2D eigenvalue weighted by Crippen LogP contribution is -2.27. The molecule has 0 atom stereocenters. The molecule has 3 aromatic rings. The lowest BCUT2D eigenvalue weighted by atomic mass is 9.90. The minimum atomic E-state index is -0.423. The third kappa shape index (κ3) is 8.62. The Labute approximate surface area is 239 Å². The summed E-state index contributed by atoms with van der Waals surface area (Å²) in [7, 11) is 1.68. The lowest BCUT2D eigenvalue weighted by Gasteiger charge is -2.17. The molecule has 1 saturated heterocycles. The van der Waals surface area contributed by atoms with E-state index >= 15 is 0 Å². The van der Waals surface area contributed by atoms with Crippen molar-refractivity contribution < 1.29 is 19.0 Å². The van der Waals surface area contributed by atoms with Crippen LogP contribution in [0.4, 0.5) is 4.79 Å². The van der Waals surface area contributed by atoms with E-state index in [0.29, 0.717) is 18.9 Å². The van der Waals surface area contributed by atoms with E-state index in [1.165, 1.54) is 37.1 Å². The summed E-state index contributed by atoms with van der Waals surface area (Å²) < 4.78 is 16.8.